The number of hydrogen-bond acceptors (Lipinski definition) is 7. The van der Waals surface area contributed by atoms with E-state index < -0.39 is 6.04 Å². The maximum atomic E-state index is 13.1. The Morgan fingerprint density at radius 1 is 1.00 bits per heavy atom. The van der Waals surface area contributed by atoms with Crippen LogP contribution >= 0.6 is 11.8 Å². The van der Waals surface area contributed by atoms with E-state index in [1.165, 1.54) is 7.11 Å². The van der Waals surface area contributed by atoms with Crippen LogP contribution in [-0.2, 0) is 20.7 Å². The van der Waals surface area contributed by atoms with E-state index in [-0.39, 0.29) is 18.3 Å². The SMILES string of the molecule is COC(=O)CC1c2cc(OC)c(OC)cc2CCN1C(=O)CCSc1ccc(OC)cc1. The number of ether oxygens (including phenoxy) is 4. The zero-order valence-electron chi connectivity index (χ0n) is 18.9. The normalized spacial score (nSPS) is 15.0. The van der Waals surface area contributed by atoms with Gasteiger partial charge in [0.2, 0.25) is 5.91 Å². The highest BCUT2D eigenvalue weighted by Gasteiger charge is 2.33. The molecule has 8 heteroatoms. The van der Waals surface area contributed by atoms with Gasteiger partial charge in [-0.05, 0) is 53.9 Å². The molecule has 0 radical (unpaired) electrons. The van der Waals surface area contributed by atoms with Crippen LogP contribution in [0.2, 0.25) is 0 Å². The molecule has 1 amide bonds. The summed E-state index contributed by atoms with van der Waals surface area (Å²) >= 11 is 1.62. The molecule has 0 saturated heterocycles. The van der Waals surface area contributed by atoms with E-state index >= 15 is 0 Å². The molecule has 2 aromatic carbocycles. The molecule has 0 fully saturated rings. The predicted octanol–water partition coefficient (Wildman–Crippen LogP) is 3.88. The number of fused-ring (bicyclic) bond motifs is 1. The molecule has 0 N–H and O–H groups in total. The molecule has 2 aromatic rings. The van der Waals surface area contributed by atoms with E-state index in [0.717, 1.165) is 21.8 Å². The zero-order valence-corrected chi connectivity index (χ0v) is 19.7. The third-order valence-electron chi connectivity index (χ3n) is 5.55. The first-order chi connectivity index (χ1) is 15.5. The molecular weight excluding hydrogens is 430 g/mol. The van der Waals surface area contributed by atoms with E-state index in [4.69, 9.17) is 18.9 Å². The summed E-state index contributed by atoms with van der Waals surface area (Å²) in [5.41, 5.74) is 1.95. The van der Waals surface area contributed by atoms with Crippen molar-refractivity contribution < 1.29 is 28.5 Å². The van der Waals surface area contributed by atoms with E-state index in [0.29, 0.717) is 36.6 Å². The van der Waals surface area contributed by atoms with Gasteiger partial charge in [-0.2, -0.15) is 0 Å². The van der Waals surface area contributed by atoms with Crippen LogP contribution in [0.5, 0.6) is 17.2 Å². The van der Waals surface area contributed by atoms with Crippen molar-refractivity contribution in [3.63, 3.8) is 0 Å². The Kier molecular flexibility index (Phi) is 8.27. The molecule has 172 valence electrons. The summed E-state index contributed by atoms with van der Waals surface area (Å²) in [6.45, 7) is 0.538. The first-order valence-electron chi connectivity index (χ1n) is 10.4. The molecule has 1 heterocycles. The van der Waals surface area contributed by atoms with Crippen molar-refractivity contribution in [2.24, 2.45) is 0 Å². The summed E-state index contributed by atoms with van der Waals surface area (Å²) in [5, 5.41) is 0. The van der Waals surface area contributed by atoms with Gasteiger partial charge in [-0.25, -0.2) is 0 Å². The van der Waals surface area contributed by atoms with Crippen molar-refractivity contribution in [1.29, 1.82) is 0 Å². The lowest BCUT2D eigenvalue weighted by atomic mass is 9.89. The molecule has 1 aliphatic heterocycles. The summed E-state index contributed by atoms with van der Waals surface area (Å²) in [4.78, 5) is 28.2. The Morgan fingerprint density at radius 3 is 2.31 bits per heavy atom. The second-order valence-electron chi connectivity index (χ2n) is 7.31. The Labute approximate surface area is 193 Å². The third kappa shape index (κ3) is 5.48. The minimum atomic E-state index is -0.399. The number of hydrogen-bond donors (Lipinski definition) is 0. The second kappa shape index (κ2) is 11.1. The molecule has 0 aliphatic carbocycles. The molecule has 1 aliphatic rings. The van der Waals surface area contributed by atoms with Gasteiger partial charge in [-0.1, -0.05) is 0 Å². The van der Waals surface area contributed by atoms with Gasteiger partial charge in [-0.15, -0.1) is 11.8 Å². The van der Waals surface area contributed by atoms with Crippen molar-refractivity contribution >= 4 is 23.6 Å². The number of thioether (sulfide) groups is 1. The van der Waals surface area contributed by atoms with E-state index in [2.05, 4.69) is 0 Å². The molecule has 0 saturated carbocycles. The maximum absolute atomic E-state index is 13.1. The third-order valence-corrected chi connectivity index (χ3v) is 6.57. The number of methoxy groups -OCH3 is 4. The molecular formula is C24H29NO6S. The number of carbonyl (C=O) groups is 2. The van der Waals surface area contributed by atoms with Crippen molar-refractivity contribution in [1.82, 2.24) is 4.90 Å². The van der Waals surface area contributed by atoms with Crippen LogP contribution in [0.4, 0.5) is 0 Å². The predicted molar refractivity (Wildman–Crippen MR) is 123 cm³/mol. The van der Waals surface area contributed by atoms with E-state index in [1.807, 2.05) is 36.4 Å². The van der Waals surface area contributed by atoms with Gasteiger partial charge in [0.25, 0.3) is 0 Å². The summed E-state index contributed by atoms with van der Waals surface area (Å²) in [7, 11) is 6.16. The Balaban J connectivity index is 1.75. The average molecular weight is 460 g/mol. The number of rotatable bonds is 9. The summed E-state index contributed by atoms with van der Waals surface area (Å²) < 4.78 is 21.0. The zero-order chi connectivity index (χ0) is 23.1. The largest absolute Gasteiger partial charge is 0.497 e. The van der Waals surface area contributed by atoms with Gasteiger partial charge in [0.1, 0.15) is 5.75 Å². The topological polar surface area (TPSA) is 74.3 Å². The van der Waals surface area contributed by atoms with E-state index in [1.54, 1.807) is 38.0 Å². The molecule has 3 rings (SSSR count). The smallest absolute Gasteiger partial charge is 0.307 e. The highest BCUT2D eigenvalue weighted by molar-refractivity contribution is 7.99. The van der Waals surface area contributed by atoms with Gasteiger partial charge in [0.15, 0.2) is 11.5 Å². The van der Waals surface area contributed by atoms with Crippen LogP contribution in [-0.4, -0.2) is 57.5 Å². The van der Waals surface area contributed by atoms with E-state index in [9.17, 15) is 9.59 Å². The van der Waals surface area contributed by atoms with Crippen molar-refractivity contribution in [2.45, 2.75) is 30.2 Å². The van der Waals surface area contributed by atoms with Gasteiger partial charge in [-0.3, -0.25) is 9.59 Å². The summed E-state index contributed by atoms with van der Waals surface area (Å²) in [6.07, 6.45) is 1.15. The molecule has 0 bridgehead atoms. The summed E-state index contributed by atoms with van der Waals surface area (Å²) in [6, 6.07) is 11.2. The van der Waals surface area contributed by atoms with Gasteiger partial charge in [0.05, 0.1) is 40.9 Å². The number of amides is 1. The van der Waals surface area contributed by atoms with Crippen LogP contribution in [0, 0.1) is 0 Å². The molecule has 1 atom stereocenters. The lowest BCUT2D eigenvalue weighted by Crippen LogP contribution is -2.41. The highest BCUT2D eigenvalue weighted by atomic mass is 32.2. The van der Waals surface area contributed by atoms with Crippen LogP contribution in [0.15, 0.2) is 41.3 Å². The van der Waals surface area contributed by atoms with Gasteiger partial charge < -0.3 is 23.8 Å². The number of esters is 1. The van der Waals surface area contributed by atoms with Crippen LogP contribution in [0.1, 0.15) is 30.0 Å². The second-order valence-corrected chi connectivity index (χ2v) is 8.48. The van der Waals surface area contributed by atoms with Gasteiger partial charge in [0, 0.05) is 23.6 Å². The molecule has 0 spiro atoms. The van der Waals surface area contributed by atoms with Crippen molar-refractivity contribution in [3.8, 4) is 17.2 Å². The Morgan fingerprint density at radius 2 is 1.69 bits per heavy atom. The molecule has 32 heavy (non-hydrogen) atoms. The van der Waals surface area contributed by atoms with Crippen LogP contribution < -0.4 is 14.2 Å². The Bertz CT molecular complexity index is 946. The number of carbonyl (C=O) groups excluding carboxylic acids is 2. The van der Waals surface area contributed by atoms with Crippen molar-refractivity contribution in [2.75, 3.05) is 40.7 Å². The van der Waals surface area contributed by atoms with Gasteiger partial charge >= 0.3 is 5.97 Å². The fourth-order valence-corrected chi connectivity index (χ4v) is 4.70. The molecule has 1 unspecified atom stereocenters. The minimum absolute atomic E-state index is 0.0142. The first-order valence-corrected chi connectivity index (χ1v) is 11.4. The Hall–Kier alpha value is -2.87. The van der Waals surface area contributed by atoms with Crippen molar-refractivity contribution in [3.05, 3.63) is 47.5 Å². The molecule has 0 aromatic heterocycles. The maximum Gasteiger partial charge on any atom is 0.307 e. The molecule has 7 nitrogen and oxygen atoms in total. The fraction of sp³-hybridized carbons (Fsp3) is 0.417. The number of nitrogens with zero attached hydrogens (tertiary/aromatic N) is 1. The fourth-order valence-electron chi connectivity index (χ4n) is 3.86. The minimum Gasteiger partial charge on any atom is -0.497 e. The lowest BCUT2D eigenvalue weighted by molar-refractivity contribution is -0.144. The quantitative estimate of drug-likeness (QED) is 0.416. The average Bonchev–Trinajstić information content (AvgIpc) is 2.83. The number of benzene rings is 2. The highest BCUT2D eigenvalue weighted by Crippen LogP contribution is 2.40. The first kappa shape index (κ1) is 23.8. The van der Waals surface area contributed by atoms with Crippen LogP contribution in [0.25, 0.3) is 0 Å². The lowest BCUT2D eigenvalue weighted by Gasteiger charge is -2.37. The summed E-state index contributed by atoms with van der Waals surface area (Å²) in [5.74, 6) is 2.31. The van der Waals surface area contributed by atoms with Crippen LogP contribution in [0.3, 0.4) is 0 Å². The monoisotopic (exact) mass is 459 g/mol. The standard InChI is InChI=1S/C24H29NO6S/c1-28-17-5-7-18(8-6-17)32-12-10-23(26)25-11-9-16-13-21(29-2)22(30-3)14-19(16)20(25)15-24(27)31-4/h5-8,13-14,20H,9-12,15H2,1-4H3.